The van der Waals surface area contributed by atoms with Crippen molar-refractivity contribution in [2.75, 3.05) is 6.54 Å². The monoisotopic (exact) mass is 377 g/mol. The number of hydrogen-bond donors (Lipinski definition) is 2. The summed E-state index contributed by atoms with van der Waals surface area (Å²) in [7, 11) is 0. The Morgan fingerprint density at radius 1 is 1.18 bits per heavy atom. The van der Waals surface area contributed by atoms with Crippen LogP contribution in [0.15, 0.2) is 66.4 Å². The highest BCUT2D eigenvalue weighted by Gasteiger charge is 2.28. The Bertz CT molecular complexity index is 852. The van der Waals surface area contributed by atoms with E-state index in [9.17, 15) is 4.79 Å². The molecule has 0 fully saturated rings. The lowest BCUT2D eigenvalue weighted by Gasteiger charge is -2.29. The van der Waals surface area contributed by atoms with Crippen molar-refractivity contribution in [3.8, 4) is 12.3 Å². The molecule has 1 heterocycles. The molecule has 0 aliphatic carbocycles. The van der Waals surface area contributed by atoms with Crippen molar-refractivity contribution in [3.05, 3.63) is 83.1 Å². The highest BCUT2D eigenvalue weighted by atomic mass is 16.7. The zero-order chi connectivity index (χ0) is 19.8. The average molecular weight is 377 g/mol. The molecule has 2 aromatic carbocycles. The Kier molecular flexibility index (Phi) is 6.85. The van der Waals surface area contributed by atoms with Crippen molar-refractivity contribution in [1.29, 1.82) is 0 Å². The zero-order valence-corrected chi connectivity index (χ0v) is 15.5. The molecule has 0 aromatic heterocycles. The first-order valence-corrected chi connectivity index (χ1v) is 9.15. The van der Waals surface area contributed by atoms with Crippen LogP contribution in [0.1, 0.15) is 29.0 Å². The van der Waals surface area contributed by atoms with Crippen LogP contribution in [-0.2, 0) is 27.5 Å². The number of rotatable bonds is 7. The SMILES string of the molecule is C#CCNC(=O)C1=C[C@H](c2ccccc2)C[C@H](OCc2ccc(CO)cc2)O1. The summed E-state index contributed by atoms with van der Waals surface area (Å²) in [5.74, 6) is 2.26. The number of ether oxygens (including phenoxy) is 2. The first kappa shape index (κ1) is 19.7. The molecular formula is C23H23NO4. The van der Waals surface area contributed by atoms with Gasteiger partial charge in [0.1, 0.15) is 0 Å². The summed E-state index contributed by atoms with van der Waals surface area (Å²) in [6.45, 7) is 0.488. The molecule has 1 aliphatic heterocycles. The molecule has 5 heteroatoms. The van der Waals surface area contributed by atoms with E-state index < -0.39 is 6.29 Å². The van der Waals surface area contributed by atoms with E-state index in [0.29, 0.717) is 13.0 Å². The average Bonchev–Trinajstić information content (AvgIpc) is 2.76. The number of terminal acetylenes is 1. The summed E-state index contributed by atoms with van der Waals surface area (Å²) < 4.78 is 11.7. The Labute approximate surface area is 165 Å². The summed E-state index contributed by atoms with van der Waals surface area (Å²) in [6, 6.07) is 17.4. The zero-order valence-electron chi connectivity index (χ0n) is 15.5. The quantitative estimate of drug-likeness (QED) is 0.728. The van der Waals surface area contributed by atoms with Crippen LogP contribution in [0.2, 0.25) is 0 Å². The van der Waals surface area contributed by atoms with Gasteiger partial charge in [0.2, 0.25) is 6.29 Å². The molecule has 0 saturated carbocycles. The van der Waals surface area contributed by atoms with Crippen molar-refractivity contribution in [2.24, 2.45) is 0 Å². The second kappa shape index (κ2) is 9.75. The lowest BCUT2D eigenvalue weighted by atomic mass is 9.93. The molecule has 0 saturated heterocycles. The predicted molar refractivity (Wildman–Crippen MR) is 106 cm³/mol. The predicted octanol–water partition coefficient (Wildman–Crippen LogP) is 2.86. The van der Waals surface area contributed by atoms with E-state index in [0.717, 1.165) is 16.7 Å². The fourth-order valence-corrected chi connectivity index (χ4v) is 3.00. The van der Waals surface area contributed by atoms with Gasteiger partial charge in [0.15, 0.2) is 5.76 Å². The molecular weight excluding hydrogens is 354 g/mol. The van der Waals surface area contributed by atoms with Crippen LogP contribution in [0.5, 0.6) is 0 Å². The molecule has 2 aromatic rings. The summed E-state index contributed by atoms with van der Waals surface area (Å²) >= 11 is 0. The van der Waals surface area contributed by atoms with Gasteiger partial charge in [0.25, 0.3) is 5.91 Å². The largest absolute Gasteiger partial charge is 0.459 e. The molecule has 3 rings (SSSR count). The Balaban J connectivity index is 1.71. The molecule has 2 atom stereocenters. The number of carbonyl (C=O) groups is 1. The van der Waals surface area contributed by atoms with Crippen LogP contribution < -0.4 is 5.32 Å². The third kappa shape index (κ3) is 5.23. The van der Waals surface area contributed by atoms with Gasteiger partial charge < -0.3 is 19.9 Å². The Morgan fingerprint density at radius 2 is 1.89 bits per heavy atom. The molecule has 0 bridgehead atoms. The number of carbonyl (C=O) groups excluding carboxylic acids is 1. The van der Waals surface area contributed by atoms with Gasteiger partial charge in [-0.05, 0) is 22.8 Å². The second-order valence-corrected chi connectivity index (χ2v) is 6.50. The first-order chi connectivity index (χ1) is 13.7. The maximum Gasteiger partial charge on any atom is 0.286 e. The summed E-state index contributed by atoms with van der Waals surface area (Å²) in [5.41, 5.74) is 2.90. The van der Waals surface area contributed by atoms with Gasteiger partial charge in [-0.1, -0.05) is 60.5 Å². The van der Waals surface area contributed by atoms with E-state index >= 15 is 0 Å². The molecule has 28 heavy (non-hydrogen) atoms. The fourth-order valence-electron chi connectivity index (χ4n) is 3.00. The van der Waals surface area contributed by atoms with Crippen molar-refractivity contribution >= 4 is 5.91 Å². The molecule has 0 spiro atoms. The third-order valence-corrected chi connectivity index (χ3v) is 4.50. The number of benzene rings is 2. The topological polar surface area (TPSA) is 67.8 Å². The molecule has 5 nitrogen and oxygen atoms in total. The van der Waals surface area contributed by atoms with E-state index in [1.165, 1.54) is 0 Å². The lowest BCUT2D eigenvalue weighted by Crippen LogP contribution is -2.33. The van der Waals surface area contributed by atoms with Crippen LogP contribution in [0.3, 0.4) is 0 Å². The minimum Gasteiger partial charge on any atom is -0.459 e. The molecule has 0 radical (unpaired) electrons. The lowest BCUT2D eigenvalue weighted by molar-refractivity contribution is -0.150. The van der Waals surface area contributed by atoms with Crippen LogP contribution in [-0.4, -0.2) is 23.8 Å². The summed E-state index contributed by atoms with van der Waals surface area (Å²) in [5, 5.41) is 11.8. The van der Waals surface area contributed by atoms with Gasteiger partial charge in [0, 0.05) is 12.3 Å². The number of hydrogen-bond acceptors (Lipinski definition) is 4. The number of aliphatic hydroxyl groups excluding tert-OH is 1. The van der Waals surface area contributed by atoms with Crippen molar-refractivity contribution in [3.63, 3.8) is 0 Å². The van der Waals surface area contributed by atoms with E-state index in [4.69, 9.17) is 21.0 Å². The van der Waals surface area contributed by atoms with Crippen molar-refractivity contribution < 1.29 is 19.4 Å². The normalized spacial score (nSPS) is 18.5. The summed E-state index contributed by atoms with van der Waals surface area (Å²) in [6.07, 6.45) is 7.08. The number of nitrogens with one attached hydrogen (secondary N) is 1. The smallest absolute Gasteiger partial charge is 0.286 e. The second-order valence-electron chi connectivity index (χ2n) is 6.50. The molecule has 144 valence electrons. The van der Waals surface area contributed by atoms with Gasteiger partial charge >= 0.3 is 0 Å². The van der Waals surface area contributed by atoms with Gasteiger partial charge in [0.05, 0.1) is 19.8 Å². The maximum atomic E-state index is 12.3. The number of amides is 1. The molecule has 2 N–H and O–H groups in total. The van der Waals surface area contributed by atoms with E-state index in [2.05, 4.69) is 11.2 Å². The van der Waals surface area contributed by atoms with Crippen LogP contribution >= 0.6 is 0 Å². The molecule has 0 unspecified atom stereocenters. The minimum absolute atomic E-state index is 0.00306. The Hall–Kier alpha value is -3.07. The van der Waals surface area contributed by atoms with Crippen molar-refractivity contribution in [2.45, 2.75) is 31.8 Å². The molecule has 1 amide bonds. The highest BCUT2D eigenvalue weighted by molar-refractivity contribution is 5.91. The van der Waals surface area contributed by atoms with Crippen molar-refractivity contribution in [1.82, 2.24) is 5.32 Å². The van der Waals surface area contributed by atoms with Gasteiger partial charge in [-0.2, -0.15) is 0 Å². The van der Waals surface area contributed by atoms with Crippen LogP contribution in [0, 0.1) is 12.3 Å². The minimum atomic E-state index is -0.556. The van der Waals surface area contributed by atoms with Crippen LogP contribution in [0.25, 0.3) is 0 Å². The van der Waals surface area contributed by atoms with E-state index in [1.54, 1.807) is 0 Å². The van der Waals surface area contributed by atoms with E-state index in [-0.39, 0.29) is 30.7 Å². The summed E-state index contributed by atoms with van der Waals surface area (Å²) in [4.78, 5) is 12.3. The van der Waals surface area contributed by atoms with Gasteiger partial charge in [-0.15, -0.1) is 6.42 Å². The standard InChI is InChI=1S/C23H23NO4/c1-2-12-24-23(26)21-13-20(19-6-4-3-5-7-19)14-22(28-21)27-16-18-10-8-17(15-25)9-11-18/h1,3-11,13,20,22,25H,12,14-16H2,(H,24,26)/t20-,22+/m0/s1. The third-order valence-electron chi connectivity index (χ3n) is 4.50. The number of aliphatic hydroxyl groups is 1. The van der Waals surface area contributed by atoms with Gasteiger partial charge in [-0.25, -0.2) is 0 Å². The Morgan fingerprint density at radius 3 is 2.57 bits per heavy atom. The molecule has 1 aliphatic rings. The van der Waals surface area contributed by atoms with E-state index in [1.807, 2.05) is 60.7 Å². The van der Waals surface area contributed by atoms with Crippen LogP contribution in [0.4, 0.5) is 0 Å². The highest BCUT2D eigenvalue weighted by Crippen LogP contribution is 2.31. The maximum absolute atomic E-state index is 12.3. The number of allylic oxidation sites excluding steroid dienone is 1. The fraction of sp³-hybridized carbons (Fsp3) is 0.261. The first-order valence-electron chi connectivity index (χ1n) is 9.15. The van der Waals surface area contributed by atoms with Gasteiger partial charge in [-0.3, -0.25) is 4.79 Å².